The van der Waals surface area contributed by atoms with Gasteiger partial charge < -0.3 is 4.74 Å². The zero-order chi connectivity index (χ0) is 8.39. The maximum atomic E-state index is 10.3. The van der Waals surface area contributed by atoms with Crippen molar-refractivity contribution >= 4 is 12.4 Å². The van der Waals surface area contributed by atoms with E-state index in [1.807, 2.05) is 24.3 Å². The molecule has 0 saturated carbocycles. The lowest BCUT2D eigenvalue weighted by Crippen LogP contribution is -2.02. The van der Waals surface area contributed by atoms with E-state index in [4.69, 9.17) is 4.74 Å². The highest BCUT2D eigenvalue weighted by Gasteiger charge is 2.09. The van der Waals surface area contributed by atoms with Crippen molar-refractivity contribution in [1.82, 2.24) is 0 Å². The van der Waals surface area contributed by atoms with E-state index < -0.39 is 0 Å². The third-order valence-corrected chi connectivity index (χ3v) is 1.83. The van der Waals surface area contributed by atoms with Crippen molar-refractivity contribution in [3.63, 3.8) is 0 Å². The van der Waals surface area contributed by atoms with E-state index in [1.54, 1.807) is 12.4 Å². The van der Waals surface area contributed by atoms with Crippen LogP contribution in [0.1, 0.15) is 11.1 Å². The van der Waals surface area contributed by atoms with Crippen LogP contribution in [0.2, 0.25) is 0 Å². The Kier molecular flexibility index (Phi) is 1.67. The highest BCUT2D eigenvalue weighted by molar-refractivity contribution is 5.80. The summed E-state index contributed by atoms with van der Waals surface area (Å²) < 4.78 is 5.09. The fraction of sp³-hybridized carbons (Fsp3) is 0.100. The number of rotatable bonds is 1. The van der Waals surface area contributed by atoms with Crippen LogP contribution in [0.4, 0.5) is 0 Å². The van der Waals surface area contributed by atoms with Gasteiger partial charge in [0.1, 0.15) is 6.61 Å². The average molecular weight is 159 g/mol. The summed E-state index contributed by atoms with van der Waals surface area (Å²) >= 11 is 0. The second-order valence-electron chi connectivity index (χ2n) is 2.60. The predicted octanol–water partition coefficient (Wildman–Crippen LogP) is 1.67. The van der Waals surface area contributed by atoms with E-state index in [2.05, 4.69) is 0 Å². The van der Waals surface area contributed by atoms with Gasteiger partial charge in [-0.1, -0.05) is 24.3 Å². The molecule has 2 rings (SSSR count). The minimum absolute atomic E-state index is 0.286. The van der Waals surface area contributed by atoms with E-state index >= 15 is 0 Å². The van der Waals surface area contributed by atoms with Gasteiger partial charge in [0.25, 0.3) is 6.29 Å². The Morgan fingerprint density at radius 2 is 2.17 bits per heavy atom. The summed E-state index contributed by atoms with van der Waals surface area (Å²) in [6.45, 7) is 0.469. The number of carbonyl (C=O) groups excluding carboxylic acids is 1. The molecule has 1 radical (unpaired) electrons. The highest BCUT2D eigenvalue weighted by Crippen LogP contribution is 2.19. The predicted molar refractivity (Wildman–Crippen MR) is 44.9 cm³/mol. The van der Waals surface area contributed by atoms with Gasteiger partial charge in [-0.3, -0.25) is 4.79 Å². The van der Waals surface area contributed by atoms with Gasteiger partial charge in [0.05, 0.1) is 0 Å². The Morgan fingerprint density at radius 1 is 1.33 bits per heavy atom. The van der Waals surface area contributed by atoms with Gasteiger partial charge in [0.2, 0.25) is 0 Å². The van der Waals surface area contributed by atoms with Crippen molar-refractivity contribution in [1.29, 1.82) is 0 Å². The van der Waals surface area contributed by atoms with Crippen molar-refractivity contribution in [3.8, 4) is 0 Å². The molecule has 2 heteroatoms. The van der Waals surface area contributed by atoms with E-state index in [-0.39, 0.29) is 5.76 Å². The van der Waals surface area contributed by atoms with E-state index in [0.717, 1.165) is 11.1 Å². The zero-order valence-corrected chi connectivity index (χ0v) is 6.41. The molecule has 0 spiro atoms. The Labute approximate surface area is 70.5 Å². The quantitative estimate of drug-likeness (QED) is 0.623. The first-order valence-electron chi connectivity index (χ1n) is 3.71. The molecular formula is C10H7O2. The second-order valence-corrected chi connectivity index (χ2v) is 2.60. The zero-order valence-electron chi connectivity index (χ0n) is 6.41. The summed E-state index contributed by atoms with van der Waals surface area (Å²) in [7, 11) is 0. The second kappa shape index (κ2) is 2.81. The fourth-order valence-corrected chi connectivity index (χ4v) is 1.20. The monoisotopic (exact) mass is 159 g/mol. The first-order valence-corrected chi connectivity index (χ1v) is 3.71. The molecule has 12 heavy (non-hydrogen) atoms. The van der Waals surface area contributed by atoms with Crippen LogP contribution in [-0.4, -0.2) is 6.29 Å². The average Bonchev–Trinajstić information content (AvgIpc) is 2.17. The number of allylic oxidation sites excluding steroid dienone is 1. The van der Waals surface area contributed by atoms with E-state index in [9.17, 15) is 4.79 Å². The van der Waals surface area contributed by atoms with Crippen LogP contribution in [0.25, 0.3) is 6.08 Å². The molecule has 0 bridgehead atoms. The van der Waals surface area contributed by atoms with Gasteiger partial charge in [-0.25, -0.2) is 0 Å². The van der Waals surface area contributed by atoms with Crippen LogP contribution in [-0.2, 0) is 16.1 Å². The van der Waals surface area contributed by atoms with Gasteiger partial charge in [0, 0.05) is 0 Å². The third kappa shape index (κ3) is 1.11. The summed E-state index contributed by atoms with van der Waals surface area (Å²) in [6, 6.07) is 7.82. The third-order valence-electron chi connectivity index (χ3n) is 1.83. The van der Waals surface area contributed by atoms with Crippen molar-refractivity contribution < 1.29 is 9.53 Å². The normalized spacial score (nSPS) is 14.2. The van der Waals surface area contributed by atoms with Gasteiger partial charge in [-0.15, -0.1) is 0 Å². The maximum Gasteiger partial charge on any atom is 0.271 e. The van der Waals surface area contributed by atoms with Crippen LogP contribution in [0.3, 0.4) is 0 Å². The largest absolute Gasteiger partial charge is 0.485 e. The molecule has 1 heterocycles. The lowest BCUT2D eigenvalue weighted by molar-refractivity contribution is 0.214. The minimum atomic E-state index is 0.286. The topological polar surface area (TPSA) is 26.3 Å². The summed E-state index contributed by atoms with van der Waals surface area (Å²) in [4.78, 5) is 10.3. The van der Waals surface area contributed by atoms with Crippen LogP contribution >= 0.6 is 0 Å². The van der Waals surface area contributed by atoms with E-state index in [1.165, 1.54) is 0 Å². The number of fused-ring (bicyclic) bond motifs is 1. The van der Waals surface area contributed by atoms with Gasteiger partial charge in [-0.05, 0) is 17.2 Å². The van der Waals surface area contributed by atoms with Crippen LogP contribution < -0.4 is 0 Å². The van der Waals surface area contributed by atoms with Crippen molar-refractivity contribution in [3.05, 3.63) is 41.2 Å². The van der Waals surface area contributed by atoms with Crippen LogP contribution in [0.15, 0.2) is 30.0 Å². The molecule has 1 aromatic rings. The Hall–Kier alpha value is -1.57. The molecule has 0 aromatic heterocycles. The Morgan fingerprint density at radius 3 is 3.00 bits per heavy atom. The molecule has 1 aliphatic rings. The number of ether oxygens (including phenoxy) is 1. The van der Waals surface area contributed by atoms with Crippen LogP contribution in [0, 0.1) is 0 Å². The van der Waals surface area contributed by atoms with Gasteiger partial charge >= 0.3 is 0 Å². The van der Waals surface area contributed by atoms with Gasteiger partial charge in [0.15, 0.2) is 5.76 Å². The Balaban J connectivity index is 2.47. The summed E-state index contributed by atoms with van der Waals surface area (Å²) in [5.41, 5.74) is 2.15. The summed E-state index contributed by atoms with van der Waals surface area (Å²) in [5, 5.41) is 0. The van der Waals surface area contributed by atoms with E-state index in [0.29, 0.717) is 6.61 Å². The summed E-state index contributed by atoms with van der Waals surface area (Å²) in [6.07, 6.45) is 3.43. The first kappa shape index (κ1) is 7.10. The van der Waals surface area contributed by atoms with Crippen molar-refractivity contribution in [2.75, 3.05) is 0 Å². The molecule has 0 fully saturated rings. The summed E-state index contributed by atoms with van der Waals surface area (Å²) in [5.74, 6) is 0.286. The molecule has 0 unspecified atom stereocenters. The van der Waals surface area contributed by atoms with Gasteiger partial charge in [-0.2, -0.15) is 0 Å². The maximum absolute atomic E-state index is 10.3. The number of benzene rings is 1. The minimum Gasteiger partial charge on any atom is -0.485 e. The van der Waals surface area contributed by atoms with Crippen LogP contribution in [0.5, 0.6) is 0 Å². The molecule has 0 N–H and O–H groups in total. The van der Waals surface area contributed by atoms with Crippen molar-refractivity contribution in [2.24, 2.45) is 0 Å². The molecular weight excluding hydrogens is 152 g/mol. The molecule has 59 valence electrons. The molecule has 2 nitrogen and oxygen atoms in total. The lowest BCUT2D eigenvalue weighted by Gasteiger charge is -2.13. The number of hydrogen-bond acceptors (Lipinski definition) is 2. The molecule has 1 aromatic carbocycles. The Bertz CT molecular complexity index is 339. The molecule has 0 amide bonds. The SMILES string of the molecule is O=[C]C1=Cc2ccccc2CO1. The highest BCUT2D eigenvalue weighted by atomic mass is 16.5. The molecule has 0 aliphatic carbocycles. The lowest BCUT2D eigenvalue weighted by atomic mass is 10.1. The first-order chi connectivity index (χ1) is 5.90. The standard InChI is InChI=1S/C10H7O2/c11-6-10-5-8-3-1-2-4-9(8)7-12-10/h1-5H,7H2. The smallest absolute Gasteiger partial charge is 0.271 e. The number of hydrogen-bond donors (Lipinski definition) is 0. The molecule has 0 saturated heterocycles. The molecule has 1 aliphatic heterocycles. The fourth-order valence-electron chi connectivity index (χ4n) is 1.20. The van der Waals surface area contributed by atoms with Crippen molar-refractivity contribution in [2.45, 2.75) is 6.61 Å². The molecule has 0 atom stereocenters.